The van der Waals surface area contributed by atoms with Crippen LogP contribution in [0.25, 0.3) is 0 Å². The molecule has 26 heavy (non-hydrogen) atoms. The number of hydrogen-bond acceptors (Lipinski definition) is 3. The van der Waals surface area contributed by atoms with Gasteiger partial charge in [-0.1, -0.05) is 29.8 Å². The lowest BCUT2D eigenvalue weighted by Crippen LogP contribution is -2.44. The Morgan fingerprint density at radius 2 is 1.77 bits per heavy atom. The quantitative estimate of drug-likeness (QED) is 0.863. The first-order chi connectivity index (χ1) is 12.6. The van der Waals surface area contributed by atoms with E-state index in [-0.39, 0.29) is 17.9 Å². The van der Waals surface area contributed by atoms with Gasteiger partial charge in [0.15, 0.2) is 0 Å². The third kappa shape index (κ3) is 5.03. The molecule has 2 aromatic rings. The van der Waals surface area contributed by atoms with Crippen molar-refractivity contribution in [1.82, 2.24) is 10.2 Å². The van der Waals surface area contributed by atoms with Crippen LogP contribution in [-0.2, 0) is 4.74 Å². The van der Waals surface area contributed by atoms with Gasteiger partial charge in [0.2, 0.25) is 0 Å². The van der Waals surface area contributed by atoms with Crippen molar-refractivity contribution in [2.75, 3.05) is 38.2 Å². The molecule has 0 aromatic heterocycles. The lowest BCUT2D eigenvalue weighted by molar-refractivity contribution is 0.0167. The zero-order chi connectivity index (χ0) is 18.4. The van der Waals surface area contributed by atoms with Gasteiger partial charge in [-0.05, 0) is 36.8 Å². The van der Waals surface area contributed by atoms with Crippen LogP contribution in [0.3, 0.4) is 0 Å². The Bertz CT molecular complexity index is 713. The highest BCUT2D eigenvalue weighted by molar-refractivity contribution is 5.89. The summed E-state index contributed by atoms with van der Waals surface area (Å²) in [5.74, 6) is -0.264. The maximum atomic E-state index is 13.3. The van der Waals surface area contributed by atoms with Gasteiger partial charge in [-0.2, -0.15) is 0 Å². The van der Waals surface area contributed by atoms with Crippen molar-refractivity contribution in [2.24, 2.45) is 0 Å². The standard InChI is InChI=1S/C20H24FN3O2/c1-15-2-8-18(9-3-15)23-20(25)22-14-19(24-10-12-26-13-11-24)16-4-6-17(21)7-5-16/h2-9,19H,10-14H2,1H3,(H2,22,23,25)/t19-/m1/s1. The number of anilines is 1. The number of benzene rings is 2. The summed E-state index contributed by atoms with van der Waals surface area (Å²) in [7, 11) is 0. The molecule has 2 amide bonds. The maximum Gasteiger partial charge on any atom is 0.319 e. The van der Waals surface area contributed by atoms with Gasteiger partial charge in [-0.25, -0.2) is 9.18 Å². The second-order valence-electron chi connectivity index (χ2n) is 6.42. The number of hydrogen-bond donors (Lipinski definition) is 2. The van der Waals surface area contributed by atoms with Crippen molar-refractivity contribution in [3.63, 3.8) is 0 Å². The predicted molar refractivity (Wildman–Crippen MR) is 99.7 cm³/mol. The second kappa shape index (κ2) is 8.78. The fraction of sp³-hybridized carbons (Fsp3) is 0.350. The second-order valence-corrected chi connectivity index (χ2v) is 6.42. The maximum absolute atomic E-state index is 13.3. The van der Waals surface area contributed by atoms with Crippen LogP contribution in [0.2, 0.25) is 0 Å². The molecule has 138 valence electrons. The van der Waals surface area contributed by atoms with Crippen LogP contribution >= 0.6 is 0 Å². The molecule has 0 aliphatic carbocycles. The van der Waals surface area contributed by atoms with Gasteiger partial charge in [0.25, 0.3) is 0 Å². The summed E-state index contributed by atoms with van der Waals surface area (Å²) in [6.45, 7) is 5.32. The van der Waals surface area contributed by atoms with Crippen LogP contribution in [0, 0.1) is 12.7 Å². The summed E-state index contributed by atoms with van der Waals surface area (Å²) in [6.07, 6.45) is 0. The molecule has 1 aliphatic rings. The fourth-order valence-corrected chi connectivity index (χ4v) is 3.03. The average Bonchev–Trinajstić information content (AvgIpc) is 2.66. The summed E-state index contributed by atoms with van der Waals surface area (Å²) in [4.78, 5) is 14.5. The smallest absolute Gasteiger partial charge is 0.319 e. The van der Waals surface area contributed by atoms with E-state index in [4.69, 9.17) is 4.74 Å². The molecule has 1 saturated heterocycles. The molecule has 2 N–H and O–H groups in total. The first kappa shape index (κ1) is 18.4. The highest BCUT2D eigenvalue weighted by atomic mass is 19.1. The number of aryl methyl sites for hydroxylation is 1. The lowest BCUT2D eigenvalue weighted by Gasteiger charge is -2.35. The molecule has 3 rings (SSSR count). The monoisotopic (exact) mass is 357 g/mol. The van der Waals surface area contributed by atoms with Crippen molar-refractivity contribution >= 4 is 11.7 Å². The summed E-state index contributed by atoms with van der Waals surface area (Å²) < 4.78 is 18.7. The van der Waals surface area contributed by atoms with Crippen LogP contribution < -0.4 is 10.6 Å². The molecule has 1 heterocycles. The van der Waals surface area contributed by atoms with Gasteiger partial charge in [-0.3, -0.25) is 4.90 Å². The summed E-state index contributed by atoms with van der Waals surface area (Å²) in [5.41, 5.74) is 2.86. The number of halogens is 1. The van der Waals surface area contributed by atoms with Crippen LogP contribution in [0.5, 0.6) is 0 Å². The molecular weight excluding hydrogens is 333 g/mol. The number of carbonyl (C=O) groups excluding carboxylic acids is 1. The summed E-state index contributed by atoms with van der Waals surface area (Å²) in [6, 6.07) is 13.8. The van der Waals surface area contributed by atoms with Crippen LogP contribution in [0.15, 0.2) is 48.5 Å². The largest absolute Gasteiger partial charge is 0.379 e. The minimum atomic E-state index is -0.264. The first-order valence-corrected chi connectivity index (χ1v) is 8.80. The Balaban J connectivity index is 1.64. The van der Waals surface area contributed by atoms with E-state index in [9.17, 15) is 9.18 Å². The topological polar surface area (TPSA) is 53.6 Å². The summed E-state index contributed by atoms with van der Waals surface area (Å²) in [5, 5.41) is 5.76. The number of carbonyl (C=O) groups is 1. The molecule has 0 unspecified atom stereocenters. The normalized spacial score (nSPS) is 16.1. The van der Waals surface area contributed by atoms with Gasteiger partial charge < -0.3 is 15.4 Å². The Hall–Kier alpha value is -2.44. The molecular formula is C20H24FN3O2. The Kier molecular flexibility index (Phi) is 6.20. The van der Waals surface area contributed by atoms with E-state index in [0.29, 0.717) is 19.8 Å². The molecule has 1 fully saturated rings. The molecule has 1 aliphatic heterocycles. The average molecular weight is 357 g/mol. The number of morpholine rings is 1. The van der Waals surface area contributed by atoms with E-state index in [0.717, 1.165) is 29.9 Å². The fourth-order valence-electron chi connectivity index (χ4n) is 3.03. The van der Waals surface area contributed by atoms with E-state index < -0.39 is 0 Å². The molecule has 0 bridgehead atoms. The van der Waals surface area contributed by atoms with Crippen molar-refractivity contribution in [2.45, 2.75) is 13.0 Å². The van der Waals surface area contributed by atoms with Crippen molar-refractivity contribution in [1.29, 1.82) is 0 Å². The summed E-state index contributed by atoms with van der Waals surface area (Å²) >= 11 is 0. The van der Waals surface area contributed by atoms with Crippen molar-refractivity contribution in [3.8, 4) is 0 Å². The number of urea groups is 1. The number of amides is 2. The third-order valence-corrected chi connectivity index (χ3v) is 4.51. The number of nitrogens with one attached hydrogen (secondary N) is 2. The van der Waals surface area contributed by atoms with Crippen LogP contribution in [0.1, 0.15) is 17.2 Å². The van der Waals surface area contributed by atoms with Crippen molar-refractivity contribution < 1.29 is 13.9 Å². The van der Waals surface area contributed by atoms with Gasteiger partial charge in [0.05, 0.1) is 19.3 Å². The molecule has 1 atom stereocenters. The molecule has 0 radical (unpaired) electrons. The van der Waals surface area contributed by atoms with E-state index in [2.05, 4.69) is 15.5 Å². The van der Waals surface area contributed by atoms with Crippen molar-refractivity contribution in [3.05, 3.63) is 65.5 Å². The molecule has 0 saturated carbocycles. The number of nitrogens with zero attached hydrogens (tertiary/aromatic N) is 1. The highest BCUT2D eigenvalue weighted by Gasteiger charge is 2.23. The van der Waals surface area contributed by atoms with E-state index in [1.165, 1.54) is 12.1 Å². The molecule has 5 nitrogen and oxygen atoms in total. The highest BCUT2D eigenvalue weighted by Crippen LogP contribution is 2.21. The van der Waals surface area contributed by atoms with Gasteiger partial charge >= 0.3 is 6.03 Å². The Morgan fingerprint density at radius 3 is 2.42 bits per heavy atom. The predicted octanol–water partition coefficient (Wildman–Crippen LogP) is 3.33. The first-order valence-electron chi connectivity index (χ1n) is 8.80. The zero-order valence-electron chi connectivity index (χ0n) is 14.9. The SMILES string of the molecule is Cc1ccc(NC(=O)NC[C@H](c2ccc(F)cc2)N2CCOCC2)cc1. The molecule has 6 heteroatoms. The lowest BCUT2D eigenvalue weighted by atomic mass is 10.0. The Morgan fingerprint density at radius 1 is 1.12 bits per heavy atom. The number of ether oxygens (including phenoxy) is 1. The van der Waals surface area contributed by atoms with Gasteiger partial charge in [-0.15, -0.1) is 0 Å². The van der Waals surface area contributed by atoms with Gasteiger partial charge in [0.1, 0.15) is 5.82 Å². The van der Waals surface area contributed by atoms with E-state index in [1.54, 1.807) is 12.1 Å². The minimum absolute atomic E-state index is 0.0248. The zero-order valence-corrected chi connectivity index (χ0v) is 14.9. The van der Waals surface area contributed by atoms with Crippen LogP contribution in [0.4, 0.5) is 14.9 Å². The minimum Gasteiger partial charge on any atom is -0.379 e. The molecule has 0 spiro atoms. The van der Waals surface area contributed by atoms with Crippen LogP contribution in [-0.4, -0.2) is 43.8 Å². The number of rotatable bonds is 5. The Labute approximate surface area is 153 Å². The van der Waals surface area contributed by atoms with E-state index in [1.807, 2.05) is 31.2 Å². The van der Waals surface area contributed by atoms with E-state index >= 15 is 0 Å². The van der Waals surface area contributed by atoms with Gasteiger partial charge in [0, 0.05) is 25.3 Å². The third-order valence-electron chi connectivity index (χ3n) is 4.51. The molecule has 2 aromatic carbocycles.